The molecule has 0 amide bonds. The van der Waals surface area contributed by atoms with Crippen molar-refractivity contribution in [3.63, 3.8) is 0 Å². The van der Waals surface area contributed by atoms with Crippen LogP contribution in [-0.2, 0) is 6.42 Å². The van der Waals surface area contributed by atoms with Crippen molar-refractivity contribution >= 4 is 23.1 Å². The quantitative estimate of drug-likeness (QED) is 0.873. The number of aromatic nitrogens is 1. The van der Waals surface area contributed by atoms with Crippen molar-refractivity contribution in [2.24, 2.45) is 5.73 Å². The summed E-state index contributed by atoms with van der Waals surface area (Å²) < 4.78 is 0. The molecule has 0 saturated carbocycles. The van der Waals surface area contributed by atoms with E-state index in [0.29, 0.717) is 17.4 Å². The largest absolute Gasteiger partial charge is 0.339 e. The lowest BCUT2D eigenvalue weighted by Gasteiger charge is -2.07. The minimum absolute atomic E-state index is 0.610. The van der Waals surface area contributed by atoms with Gasteiger partial charge in [0.15, 0.2) is 0 Å². The van der Waals surface area contributed by atoms with Gasteiger partial charge in [0.2, 0.25) is 0 Å². The average molecular weight is 248 g/mol. The molecule has 0 aliphatic rings. The highest BCUT2D eigenvalue weighted by atomic mass is 35.5. The number of nitrogens with two attached hydrogens (primary N) is 1. The van der Waals surface area contributed by atoms with E-state index in [0.717, 1.165) is 12.1 Å². The zero-order chi connectivity index (χ0) is 12.1. The van der Waals surface area contributed by atoms with Gasteiger partial charge in [-0.1, -0.05) is 23.7 Å². The Morgan fingerprint density at radius 3 is 2.59 bits per heavy atom. The monoisotopic (exact) mass is 247 g/mol. The van der Waals surface area contributed by atoms with Crippen LogP contribution in [0, 0.1) is 0 Å². The third-order valence-electron chi connectivity index (χ3n) is 2.41. The highest BCUT2D eigenvalue weighted by Gasteiger charge is 2.00. The number of anilines is 2. The second kappa shape index (κ2) is 5.66. The van der Waals surface area contributed by atoms with Crippen molar-refractivity contribution in [3.8, 4) is 0 Å². The predicted molar refractivity (Wildman–Crippen MR) is 71.7 cm³/mol. The van der Waals surface area contributed by atoms with Crippen LogP contribution in [-0.4, -0.2) is 11.5 Å². The number of benzene rings is 1. The van der Waals surface area contributed by atoms with Crippen molar-refractivity contribution in [3.05, 3.63) is 53.2 Å². The number of pyridine rings is 1. The summed E-state index contributed by atoms with van der Waals surface area (Å²) in [5, 5.41) is 3.78. The molecule has 0 unspecified atom stereocenters. The molecular weight excluding hydrogens is 234 g/mol. The average Bonchev–Trinajstić information content (AvgIpc) is 2.35. The molecule has 2 aromatic rings. The van der Waals surface area contributed by atoms with E-state index in [1.807, 2.05) is 24.3 Å². The van der Waals surface area contributed by atoms with E-state index in [1.165, 1.54) is 5.56 Å². The summed E-state index contributed by atoms with van der Waals surface area (Å²) in [4.78, 5) is 4.17. The Balaban J connectivity index is 2.11. The minimum atomic E-state index is 0.610. The summed E-state index contributed by atoms with van der Waals surface area (Å²) in [6.07, 6.45) is 2.60. The Morgan fingerprint density at radius 1 is 1.18 bits per heavy atom. The zero-order valence-electron chi connectivity index (χ0n) is 9.36. The maximum atomic E-state index is 6.01. The molecule has 0 atom stereocenters. The molecule has 3 N–H and O–H groups in total. The molecule has 4 heteroatoms. The van der Waals surface area contributed by atoms with Gasteiger partial charge in [-0.3, -0.25) is 0 Å². The first-order valence-corrected chi connectivity index (χ1v) is 5.84. The van der Waals surface area contributed by atoms with E-state index in [9.17, 15) is 0 Å². The number of hydrogen-bond acceptors (Lipinski definition) is 3. The minimum Gasteiger partial charge on any atom is -0.339 e. The van der Waals surface area contributed by atoms with Crippen LogP contribution < -0.4 is 11.1 Å². The Bertz CT molecular complexity index is 482. The van der Waals surface area contributed by atoms with Crippen molar-refractivity contribution in [2.45, 2.75) is 6.42 Å². The van der Waals surface area contributed by atoms with Crippen LogP contribution in [0.2, 0.25) is 5.02 Å². The first-order valence-electron chi connectivity index (χ1n) is 5.46. The van der Waals surface area contributed by atoms with Gasteiger partial charge in [-0.05, 0) is 42.8 Å². The van der Waals surface area contributed by atoms with Crippen molar-refractivity contribution < 1.29 is 0 Å². The smallest absolute Gasteiger partial charge is 0.149 e. The van der Waals surface area contributed by atoms with Gasteiger partial charge in [0.1, 0.15) is 5.82 Å². The summed E-state index contributed by atoms with van der Waals surface area (Å²) in [7, 11) is 0. The van der Waals surface area contributed by atoms with Crippen LogP contribution in [0.3, 0.4) is 0 Å². The van der Waals surface area contributed by atoms with Crippen LogP contribution >= 0.6 is 11.6 Å². The molecule has 0 aliphatic heterocycles. The highest BCUT2D eigenvalue weighted by Crippen LogP contribution is 2.22. The van der Waals surface area contributed by atoms with E-state index in [1.54, 1.807) is 18.3 Å². The van der Waals surface area contributed by atoms with Crippen molar-refractivity contribution in [1.29, 1.82) is 0 Å². The lowest BCUT2D eigenvalue weighted by Crippen LogP contribution is -2.02. The number of halogens is 1. The molecule has 88 valence electrons. The van der Waals surface area contributed by atoms with E-state index in [2.05, 4.69) is 10.3 Å². The first kappa shape index (κ1) is 11.9. The van der Waals surface area contributed by atoms with Crippen molar-refractivity contribution in [2.75, 3.05) is 11.9 Å². The molecule has 0 fully saturated rings. The topological polar surface area (TPSA) is 50.9 Å². The summed E-state index contributed by atoms with van der Waals surface area (Å²) >= 11 is 6.01. The normalized spacial score (nSPS) is 10.2. The summed E-state index contributed by atoms with van der Waals surface area (Å²) in [6.45, 7) is 0.666. The molecule has 0 saturated heterocycles. The van der Waals surface area contributed by atoms with Crippen LogP contribution in [0.25, 0.3) is 0 Å². The lowest BCUT2D eigenvalue weighted by molar-refractivity contribution is 0.969. The van der Waals surface area contributed by atoms with Gasteiger partial charge in [-0.15, -0.1) is 0 Å². The molecule has 1 heterocycles. The molecule has 3 nitrogen and oxygen atoms in total. The highest BCUT2D eigenvalue weighted by molar-refractivity contribution is 6.33. The third kappa shape index (κ3) is 3.19. The summed E-state index contributed by atoms with van der Waals surface area (Å²) in [6, 6.07) is 11.7. The summed E-state index contributed by atoms with van der Waals surface area (Å²) in [5.74, 6) is 0.667. The molecule has 1 aromatic carbocycles. The Labute approximate surface area is 106 Å². The molecule has 17 heavy (non-hydrogen) atoms. The van der Waals surface area contributed by atoms with Gasteiger partial charge in [-0.2, -0.15) is 0 Å². The Hall–Kier alpha value is -1.58. The maximum absolute atomic E-state index is 6.01. The predicted octanol–water partition coefficient (Wildman–Crippen LogP) is 2.98. The first-order chi connectivity index (χ1) is 8.29. The van der Waals surface area contributed by atoms with Crippen molar-refractivity contribution in [1.82, 2.24) is 4.98 Å². The molecule has 0 radical (unpaired) electrons. The number of rotatable bonds is 4. The van der Waals surface area contributed by atoms with E-state index < -0.39 is 0 Å². The molecule has 1 aromatic heterocycles. The third-order valence-corrected chi connectivity index (χ3v) is 2.71. The Morgan fingerprint density at radius 2 is 1.94 bits per heavy atom. The van der Waals surface area contributed by atoms with Gasteiger partial charge < -0.3 is 11.1 Å². The molecule has 0 aliphatic carbocycles. The van der Waals surface area contributed by atoms with E-state index in [-0.39, 0.29) is 0 Å². The van der Waals surface area contributed by atoms with Crippen LogP contribution in [0.1, 0.15) is 5.56 Å². The lowest BCUT2D eigenvalue weighted by atomic mass is 10.1. The molecule has 0 spiro atoms. The number of nitrogens with one attached hydrogen (secondary N) is 1. The standard InChI is InChI=1S/C13H14ClN3/c14-12-2-1-9-16-13(12)17-11-5-3-10(4-6-11)7-8-15/h1-6,9H,7-8,15H2,(H,16,17). The summed E-state index contributed by atoms with van der Waals surface area (Å²) in [5.41, 5.74) is 7.69. The van der Waals surface area contributed by atoms with Gasteiger partial charge in [0.05, 0.1) is 5.02 Å². The number of hydrogen-bond donors (Lipinski definition) is 2. The van der Waals surface area contributed by atoms with E-state index in [4.69, 9.17) is 17.3 Å². The van der Waals surface area contributed by atoms with Crippen LogP contribution in [0.4, 0.5) is 11.5 Å². The Kier molecular flexibility index (Phi) is 3.96. The molecule has 2 rings (SSSR count). The van der Waals surface area contributed by atoms with Gasteiger partial charge >= 0.3 is 0 Å². The number of nitrogens with zero attached hydrogens (tertiary/aromatic N) is 1. The van der Waals surface area contributed by atoms with Gasteiger partial charge in [0, 0.05) is 11.9 Å². The maximum Gasteiger partial charge on any atom is 0.149 e. The fourth-order valence-corrected chi connectivity index (χ4v) is 1.70. The SMILES string of the molecule is NCCc1ccc(Nc2ncccc2Cl)cc1. The second-order valence-electron chi connectivity index (χ2n) is 3.69. The van der Waals surface area contributed by atoms with Crippen LogP contribution in [0.5, 0.6) is 0 Å². The fourth-order valence-electron chi connectivity index (χ4n) is 1.54. The molecule has 0 bridgehead atoms. The zero-order valence-corrected chi connectivity index (χ0v) is 10.1. The molecular formula is C13H14ClN3. The van der Waals surface area contributed by atoms with Gasteiger partial charge in [-0.25, -0.2) is 4.98 Å². The second-order valence-corrected chi connectivity index (χ2v) is 4.10. The van der Waals surface area contributed by atoms with Crippen LogP contribution in [0.15, 0.2) is 42.6 Å². The van der Waals surface area contributed by atoms with E-state index >= 15 is 0 Å². The fraction of sp³-hybridized carbons (Fsp3) is 0.154. The van der Waals surface area contributed by atoms with Gasteiger partial charge in [0.25, 0.3) is 0 Å².